The van der Waals surface area contributed by atoms with Crippen molar-refractivity contribution in [2.75, 3.05) is 0 Å². The van der Waals surface area contributed by atoms with Crippen LogP contribution in [0, 0.1) is 12.8 Å². The Kier molecular flexibility index (Phi) is 4.27. The van der Waals surface area contributed by atoms with Crippen LogP contribution >= 0.6 is 11.6 Å². The SMILES string of the molecule is CCC1CCCC(Oc2cc(Cl)ncc2C)C1. The summed E-state index contributed by atoms with van der Waals surface area (Å²) in [6, 6.07) is 1.83. The van der Waals surface area contributed by atoms with Crippen LogP contribution in [0.5, 0.6) is 5.75 Å². The van der Waals surface area contributed by atoms with Crippen LogP contribution in [0.4, 0.5) is 0 Å². The van der Waals surface area contributed by atoms with E-state index in [1.165, 1.54) is 25.7 Å². The zero-order valence-electron chi connectivity index (χ0n) is 10.6. The number of pyridine rings is 1. The molecule has 0 aromatic carbocycles. The molecule has 0 saturated heterocycles. The highest BCUT2D eigenvalue weighted by atomic mass is 35.5. The highest BCUT2D eigenvalue weighted by Crippen LogP contribution is 2.31. The highest BCUT2D eigenvalue weighted by Gasteiger charge is 2.22. The Hall–Kier alpha value is -0.760. The van der Waals surface area contributed by atoms with E-state index in [-0.39, 0.29) is 0 Å². The molecule has 2 rings (SSSR count). The molecule has 2 atom stereocenters. The second kappa shape index (κ2) is 5.72. The summed E-state index contributed by atoms with van der Waals surface area (Å²) in [4.78, 5) is 4.05. The molecular weight excluding hydrogens is 234 g/mol. The first-order valence-electron chi connectivity index (χ1n) is 6.47. The lowest BCUT2D eigenvalue weighted by Crippen LogP contribution is -2.25. The van der Waals surface area contributed by atoms with Crippen LogP contribution < -0.4 is 4.74 Å². The molecule has 2 unspecified atom stereocenters. The van der Waals surface area contributed by atoms with Crippen LogP contribution in [0.1, 0.15) is 44.6 Å². The first kappa shape index (κ1) is 12.7. The van der Waals surface area contributed by atoms with E-state index in [9.17, 15) is 0 Å². The minimum atomic E-state index is 0.353. The Bertz CT molecular complexity index is 380. The summed E-state index contributed by atoms with van der Waals surface area (Å²) < 4.78 is 6.07. The summed E-state index contributed by atoms with van der Waals surface area (Å²) in [6.07, 6.45) is 8.36. The Morgan fingerprint density at radius 1 is 1.47 bits per heavy atom. The maximum Gasteiger partial charge on any atom is 0.132 e. The quantitative estimate of drug-likeness (QED) is 0.746. The Labute approximate surface area is 108 Å². The van der Waals surface area contributed by atoms with Gasteiger partial charge in [-0.1, -0.05) is 31.4 Å². The molecule has 1 fully saturated rings. The van der Waals surface area contributed by atoms with Gasteiger partial charge in [-0.05, 0) is 32.1 Å². The molecule has 0 aliphatic heterocycles. The molecule has 0 radical (unpaired) electrons. The number of hydrogen-bond acceptors (Lipinski definition) is 2. The van der Waals surface area contributed by atoms with Crippen molar-refractivity contribution < 1.29 is 4.74 Å². The topological polar surface area (TPSA) is 22.1 Å². The van der Waals surface area contributed by atoms with Gasteiger partial charge >= 0.3 is 0 Å². The molecule has 1 aromatic heterocycles. The van der Waals surface area contributed by atoms with Gasteiger partial charge in [-0.25, -0.2) is 4.98 Å². The van der Waals surface area contributed by atoms with Crippen molar-refractivity contribution in [3.8, 4) is 5.75 Å². The third-order valence-corrected chi connectivity index (χ3v) is 3.83. The number of ether oxygens (including phenoxy) is 1. The standard InChI is InChI=1S/C14H20ClNO/c1-3-11-5-4-6-12(7-11)17-13-8-14(15)16-9-10(13)2/h8-9,11-12H,3-7H2,1-2H3. The second-order valence-electron chi connectivity index (χ2n) is 4.95. The lowest BCUT2D eigenvalue weighted by molar-refractivity contribution is 0.121. The van der Waals surface area contributed by atoms with Crippen molar-refractivity contribution >= 4 is 11.6 Å². The molecule has 1 aliphatic rings. The van der Waals surface area contributed by atoms with Crippen LogP contribution in [0.25, 0.3) is 0 Å². The summed E-state index contributed by atoms with van der Waals surface area (Å²) in [5, 5.41) is 0.508. The first-order valence-corrected chi connectivity index (χ1v) is 6.85. The molecule has 94 valence electrons. The second-order valence-corrected chi connectivity index (χ2v) is 5.34. The average Bonchev–Trinajstić information content (AvgIpc) is 2.34. The van der Waals surface area contributed by atoms with Gasteiger partial charge < -0.3 is 4.74 Å². The smallest absolute Gasteiger partial charge is 0.132 e. The summed E-state index contributed by atoms with van der Waals surface area (Å²) >= 11 is 5.90. The van der Waals surface area contributed by atoms with Gasteiger partial charge in [-0.3, -0.25) is 0 Å². The molecule has 1 heterocycles. The normalized spacial score (nSPS) is 24.6. The monoisotopic (exact) mass is 253 g/mol. The summed E-state index contributed by atoms with van der Waals surface area (Å²) in [6.45, 7) is 4.28. The number of halogens is 1. The van der Waals surface area contributed by atoms with Crippen LogP contribution in [0.3, 0.4) is 0 Å². The van der Waals surface area contributed by atoms with Gasteiger partial charge in [0, 0.05) is 17.8 Å². The Balaban J connectivity index is 2.02. The van der Waals surface area contributed by atoms with E-state index >= 15 is 0 Å². The summed E-state index contributed by atoms with van der Waals surface area (Å²) in [5.41, 5.74) is 1.06. The minimum absolute atomic E-state index is 0.353. The van der Waals surface area contributed by atoms with E-state index in [0.29, 0.717) is 11.3 Å². The van der Waals surface area contributed by atoms with E-state index in [0.717, 1.165) is 23.7 Å². The van der Waals surface area contributed by atoms with Crippen LogP contribution in [-0.2, 0) is 0 Å². The molecule has 0 bridgehead atoms. The molecule has 3 heteroatoms. The molecular formula is C14H20ClNO. The molecule has 1 saturated carbocycles. The fourth-order valence-corrected chi connectivity index (χ4v) is 2.66. The largest absolute Gasteiger partial charge is 0.490 e. The van der Waals surface area contributed by atoms with Crippen molar-refractivity contribution in [3.05, 3.63) is 23.0 Å². The lowest BCUT2D eigenvalue weighted by Gasteiger charge is -2.29. The van der Waals surface area contributed by atoms with Gasteiger partial charge in [0.25, 0.3) is 0 Å². The van der Waals surface area contributed by atoms with Gasteiger partial charge in [0.1, 0.15) is 10.9 Å². The lowest BCUT2D eigenvalue weighted by atomic mass is 9.85. The zero-order valence-corrected chi connectivity index (χ0v) is 11.3. The Morgan fingerprint density at radius 3 is 3.06 bits per heavy atom. The van der Waals surface area contributed by atoms with Gasteiger partial charge in [-0.2, -0.15) is 0 Å². The molecule has 1 aromatic rings. The average molecular weight is 254 g/mol. The predicted molar refractivity (Wildman–Crippen MR) is 70.6 cm³/mol. The van der Waals surface area contributed by atoms with Gasteiger partial charge in [0.15, 0.2) is 0 Å². The molecule has 0 spiro atoms. The van der Waals surface area contributed by atoms with Gasteiger partial charge in [-0.15, -0.1) is 0 Å². The number of rotatable bonds is 3. The highest BCUT2D eigenvalue weighted by molar-refractivity contribution is 6.29. The molecule has 0 N–H and O–H groups in total. The van der Waals surface area contributed by atoms with E-state index in [2.05, 4.69) is 11.9 Å². The zero-order chi connectivity index (χ0) is 12.3. The first-order chi connectivity index (χ1) is 8.19. The fourth-order valence-electron chi connectivity index (χ4n) is 2.51. The van der Waals surface area contributed by atoms with E-state index in [1.807, 2.05) is 13.0 Å². The number of hydrogen-bond donors (Lipinski definition) is 0. The number of aryl methyl sites for hydroxylation is 1. The molecule has 17 heavy (non-hydrogen) atoms. The van der Waals surface area contributed by atoms with Crippen molar-refractivity contribution in [1.82, 2.24) is 4.98 Å². The fraction of sp³-hybridized carbons (Fsp3) is 0.643. The molecule has 2 nitrogen and oxygen atoms in total. The van der Waals surface area contributed by atoms with Crippen molar-refractivity contribution in [2.24, 2.45) is 5.92 Å². The molecule has 1 aliphatic carbocycles. The van der Waals surface area contributed by atoms with Crippen LogP contribution in [0.2, 0.25) is 5.15 Å². The third kappa shape index (κ3) is 3.35. The molecule has 0 amide bonds. The van der Waals surface area contributed by atoms with E-state index in [1.54, 1.807) is 6.20 Å². The van der Waals surface area contributed by atoms with Crippen LogP contribution in [0.15, 0.2) is 12.3 Å². The van der Waals surface area contributed by atoms with Crippen molar-refractivity contribution in [2.45, 2.75) is 52.1 Å². The van der Waals surface area contributed by atoms with Crippen molar-refractivity contribution in [1.29, 1.82) is 0 Å². The number of nitrogens with zero attached hydrogens (tertiary/aromatic N) is 1. The predicted octanol–water partition coefficient (Wildman–Crippen LogP) is 4.39. The van der Waals surface area contributed by atoms with Gasteiger partial charge in [0.2, 0.25) is 0 Å². The Morgan fingerprint density at radius 2 is 2.29 bits per heavy atom. The minimum Gasteiger partial charge on any atom is -0.490 e. The maximum atomic E-state index is 6.07. The van der Waals surface area contributed by atoms with Crippen LogP contribution in [-0.4, -0.2) is 11.1 Å². The third-order valence-electron chi connectivity index (χ3n) is 3.63. The number of aromatic nitrogens is 1. The van der Waals surface area contributed by atoms with Gasteiger partial charge in [0.05, 0.1) is 6.10 Å². The van der Waals surface area contributed by atoms with Crippen molar-refractivity contribution in [3.63, 3.8) is 0 Å². The van der Waals surface area contributed by atoms with E-state index < -0.39 is 0 Å². The summed E-state index contributed by atoms with van der Waals surface area (Å²) in [5.74, 6) is 1.72. The maximum absolute atomic E-state index is 6.07. The van der Waals surface area contributed by atoms with E-state index in [4.69, 9.17) is 16.3 Å². The summed E-state index contributed by atoms with van der Waals surface area (Å²) in [7, 11) is 0.